The Labute approximate surface area is 102 Å². The number of hydrogen-bond acceptors (Lipinski definition) is 3. The van der Waals surface area contributed by atoms with Gasteiger partial charge in [-0.2, -0.15) is 4.98 Å². The second-order valence-electron chi connectivity index (χ2n) is 6.62. The van der Waals surface area contributed by atoms with Crippen LogP contribution in [0.5, 0.6) is 0 Å². The molecule has 4 nitrogen and oxygen atoms in total. The second kappa shape index (κ2) is 3.03. The van der Waals surface area contributed by atoms with Gasteiger partial charge in [0.05, 0.1) is 0 Å². The van der Waals surface area contributed by atoms with E-state index in [-0.39, 0.29) is 0 Å². The Kier molecular flexibility index (Phi) is 1.77. The first-order valence-corrected chi connectivity index (χ1v) is 6.82. The van der Waals surface area contributed by atoms with Crippen molar-refractivity contribution >= 4 is 5.95 Å². The zero-order valence-corrected chi connectivity index (χ0v) is 10.4. The van der Waals surface area contributed by atoms with Crippen LogP contribution < -0.4 is 5.73 Å². The summed E-state index contributed by atoms with van der Waals surface area (Å²) in [5, 5.41) is 4.25. The summed E-state index contributed by atoms with van der Waals surface area (Å²) in [5.41, 5.74) is 6.07. The molecule has 0 aliphatic heterocycles. The smallest absolute Gasteiger partial charge is 0.239 e. The number of aromatic nitrogens is 3. The molecule has 0 unspecified atom stereocenters. The van der Waals surface area contributed by atoms with Crippen molar-refractivity contribution in [2.45, 2.75) is 43.9 Å². The first kappa shape index (κ1) is 9.92. The fraction of sp³-hybridized carbons (Fsp3) is 0.846. The highest BCUT2D eigenvalue weighted by atomic mass is 15.4. The van der Waals surface area contributed by atoms with Gasteiger partial charge in [0.1, 0.15) is 5.82 Å². The first-order valence-electron chi connectivity index (χ1n) is 6.82. The Morgan fingerprint density at radius 2 is 1.65 bits per heavy atom. The van der Waals surface area contributed by atoms with Gasteiger partial charge in [-0.15, -0.1) is 5.10 Å². The normalized spacial score (nSPS) is 43.2. The molecule has 0 saturated heterocycles. The molecule has 4 heteroatoms. The molecular weight excluding hydrogens is 212 g/mol. The van der Waals surface area contributed by atoms with Crippen molar-refractivity contribution < 1.29 is 0 Å². The molecule has 2 N–H and O–H groups in total. The summed E-state index contributed by atoms with van der Waals surface area (Å²) in [6.07, 6.45) is 8.37. The summed E-state index contributed by atoms with van der Waals surface area (Å²) in [6, 6.07) is 0. The quantitative estimate of drug-likeness (QED) is 0.804. The number of nitrogens with zero attached hydrogens (tertiary/aromatic N) is 3. The van der Waals surface area contributed by atoms with Gasteiger partial charge in [-0.05, 0) is 56.3 Å². The largest absolute Gasteiger partial charge is 0.366 e. The number of hydrogen-bond donors (Lipinski definition) is 1. The van der Waals surface area contributed by atoms with Crippen molar-refractivity contribution in [1.29, 1.82) is 0 Å². The van der Waals surface area contributed by atoms with Crippen LogP contribution in [0.1, 0.15) is 44.3 Å². The Balaban J connectivity index is 1.79. The molecule has 17 heavy (non-hydrogen) atoms. The van der Waals surface area contributed by atoms with Crippen LogP contribution in [0.2, 0.25) is 0 Å². The molecular formula is C13H20N4. The molecule has 4 saturated carbocycles. The van der Waals surface area contributed by atoms with Gasteiger partial charge in [-0.3, -0.25) is 4.68 Å². The number of anilines is 1. The van der Waals surface area contributed by atoms with Gasteiger partial charge in [0.25, 0.3) is 0 Å². The topological polar surface area (TPSA) is 56.7 Å². The summed E-state index contributed by atoms with van der Waals surface area (Å²) in [7, 11) is 2.00. The van der Waals surface area contributed by atoms with Crippen LogP contribution in [-0.4, -0.2) is 14.8 Å². The summed E-state index contributed by atoms with van der Waals surface area (Å²) in [6.45, 7) is 0. The fourth-order valence-electron chi connectivity index (χ4n) is 5.25. The van der Waals surface area contributed by atoms with Crippen LogP contribution in [0.3, 0.4) is 0 Å². The maximum Gasteiger partial charge on any atom is 0.239 e. The van der Waals surface area contributed by atoms with Gasteiger partial charge in [0, 0.05) is 12.5 Å². The fourth-order valence-corrected chi connectivity index (χ4v) is 5.25. The van der Waals surface area contributed by atoms with E-state index in [0.717, 1.165) is 23.6 Å². The zero-order chi connectivity index (χ0) is 11.6. The number of nitrogens with two attached hydrogens (primary N) is 1. The summed E-state index contributed by atoms with van der Waals surface area (Å²) in [5.74, 6) is 4.44. The Hall–Kier alpha value is -1.06. The Morgan fingerprint density at radius 1 is 1.12 bits per heavy atom. The SMILES string of the molecule is Cn1nc(N)nc1C12CC3CC(CC(C3)C1)C2. The molecule has 0 amide bonds. The monoisotopic (exact) mass is 232 g/mol. The average molecular weight is 232 g/mol. The van der Waals surface area contributed by atoms with Crippen LogP contribution in [0.4, 0.5) is 5.95 Å². The van der Waals surface area contributed by atoms with E-state index in [9.17, 15) is 0 Å². The van der Waals surface area contributed by atoms with Crippen molar-refractivity contribution in [3.8, 4) is 0 Å². The standard InChI is InChI=1S/C13H20N4/c1-17-11(15-12(14)16-17)13-5-8-2-9(6-13)4-10(3-8)7-13/h8-10H,2-7H2,1H3,(H2,14,16). The molecule has 0 spiro atoms. The van der Waals surface area contributed by atoms with Gasteiger partial charge >= 0.3 is 0 Å². The van der Waals surface area contributed by atoms with E-state index >= 15 is 0 Å². The third-order valence-corrected chi connectivity index (χ3v) is 5.29. The van der Waals surface area contributed by atoms with Crippen LogP contribution in [0.15, 0.2) is 0 Å². The zero-order valence-electron chi connectivity index (χ0n) is 10.4. The number of aryl methyl sites for hydroxylation is 1. The lowest BCUT2D eigenvalue weighted by Gasteiger charge is -2.56. The molecule has 0 atom stereocenters. The highest BCUT2D eigenvalue weighted by Crippen LogP contribution is 2.60. The van der Waals surface area contributed by atoms with Crippen molar-refractivity contribution in [2.24, 2.45) is 24.8 Å². The van der Waals surface area contributed by atoms with E-state index in [1.807, 2.05) is 11.7 Å². The maximum atomic E-state index is 5.76. The van der Waals surface area contributed by atoms with Crippen molar-refractivity contribution in [1.82, 2.24) is 14.8 Å². The highest BCUT2D eigenvalue weighted by Gasteiger charge is 2.53. The van der Waals surface area contributed by atoms with E-state index in [1.54, 1.807) is 0 Å². The molecule has 4 bridgehead atoms. The predicted octanol–water partition coefficient (Wildman–Crippen LogP) is 1.87. The van der Waals surface area contributed by atoms with E-state index in [0.29, 0.717) is 11.4 Å². The van der Waals surface area contributed by atoms with Crippen LogP contribution in [-0.2, 0) is 12.5 Å². The third kappa shape index (κ3) is 1.30. The van der Waals surface area contributed by atoms with Gasteiger partial charge in [0.15, 0.2) is 0 Å². The van der Waals surface area contributed by atoms with E-state index < -0.39 is 0 Å². The Bertz CT molecular complexity index is 427. The lowest BCUT2D eigenvalue weighted by Crippen LogP contribution is -2.49. The van der Waals surface area contributed by atoms with Crippen LogP contribution in [0, 0.1) is 17.8 Å². The predicted molar refractivity (Wildman–Crippen MR) is 65.3 cm³/mol. The average Bonchev–Trinajstić information content (AvgIpc) is 2.56. The van der Waals surface area contributed by atoms with Gasteiger partial charge in [0.2, 0.25) is 5.95 Å². The highest BCUT2D eigenvalue weighted by molar-refractivity contribution is 5.23. The van der Waals surface area contributed by atoms with Gasteiger partial charge in [-0.1, -0.05) is 0 Å². The minimum absolute atomic E-state index is 0.314. The Morgan fingerprint density at radius 3 is 2.06 bits per heavy atom. The molecule has 1 heterocycles. The van der Waals surface area contributed by atoms with E-state index in [2.05, 4.69) is 10.1 Å². The summed E-state index contributed by atoms with van der Waals surface area (Å²) >= 11 is 0. The first-order chi connectivity index (χ1) is 8.14. The summed E-state index contributed by atoms with van der Waals surface area (Å²) < 4.78 is 1.93. The molecule has 0 aromatic carbocycles. The molecule has 4 aliphatic carbocycles. The lowest BCUT2D eigenvalue weighted by molar-refractivity contribution is -0.0110. The molecule has 0 radical (unpaired) electrons. The summed E-state index contributed by atoms with van der Waals surface area (Å²) in [4.78, 5) is 4.53. The molecule has 92 valence electrons. The second-order valence-corrected chi connectivity index (χ2v) is 6.62. The molecule has 4 fully saturated rings. The molecule has 4 aliphatic rings. The molecule has 1 aromatic heterocycles. The van der Waals surface area contributed by atoms with Crippen molar-refractivity contribution in [3.05, 3.63) is 5.82 Å². The van der Waals surface area contributed by atoms with E-state index in [4.69, 9.17) is 5.73 Å². The van der Waals surface area contributed by atoms with Crippen molar-refractivity contribution in [2.75, 3.05) is 5.73 Å². The number of rotatable bonds is 1. The third-order valence-electron chi connectivity index (χ3n) is 5.29. The molecule has 5 rings (SSSR count). The minimum Gasteiger partial charge on any atom is -0.366 e. The van der Waals surface area contributed by atoms with E-state index in [1.165, 1.54) is 38.5 Å². The van der Waals surface area contributed by atoms with Gasteiger partial charge in [-0.25, -0.2) is 0 Å². The van der Waals surface area contributed by atoms with Gasteiger partial charge < -0.3 is 5.73 Å². The number of nitrogen functional groups attached to an aromatic ring is 1. The lowest BCUT2D eigenvalue weighted by atomic mass is 9.49. The minimum atomic E-state index is 0.314. The molecule has 1 aromatic rings. The van der Waals surface area contributed by atoms with Crippen molar-refractivity contribution in [3.63, 3.8) is 0 Å². The van der Waals surface area contributed by atoms with Crippen LogP contribution >= 0.6 is 0 Å². The maximum absolute atomic E-state index is 5.76. The van der Waals surface area contributed by atoms with Crippen LogP contribution in [0.25, 0.3) is 0 Å².